The number of nitrogens with zero attached hydrogens (tertiary/aromatic N) is 1. The van der Waals surface area contributed by atoms with Gasteiger partial charge in [-0.1, -0.05) is 19.1 Å². The largest absolute Gasteiger partial charge is 0.344 e. The van der Waals surface area contributed by atoms with E-state index in [0.29, 0.717) is 18.8 Å². The minimum Gasteiger partial charge on any atom is -0.324 e. The molecule has 28 heavy (non-hydrogen) atoms. The maximum Gasteiger partial charge on any atom is 0.344 e. The number of anilines is 1. The van der Waals surface area contributed by atoms with Gasteiger partial charge in [-0.3, -0.25) is 19.8 Å². The van der Waals surface area contributed by atoms with E-state index in [9.17, 15) is 19.2 Å². The van der Waals surface area contributed by atoms with Gasteiger partial charge in [0.2, 0.25) is 11.8 Å². The van der Waals surface area contributed by atoms with Crippen LogP contribution in [0.15, 0.2) is 29.2 Å². The molecule has 1 aromatic carbocycles. The Kier molecular flexibility index (Phi) is 4.78. The molecule has 0 radical (unpaired) electrons. The summed E-state index contributed by atoms with van der Waals surface area (Å²) in [6.07, 6.45) is 2.72. The summed E-state index contributed by atoms with van der Waals surface area (Å²) in [5.74, 6) is -0.710. The van der Waals surface area contributed by atoms with E-state index in [1.54, 1.807) is 6.07 Å². The fraction of sp³-hybridized carbons (Fsp3) is 0.474. The standard InChI is InChI=1S/C19H22N4O4S/c1-11-6-8-19(9-7-11)17(26)23(18(27)21-19)22-15(24)10-14-16(25)20-12-4-2-3-5-13(12)28-14/h2-5,11,14H,6-10H2,1H3,(H,20,25)(H,21,27)(H,22,24). The van der Waals surface area contributed by atoms with Crippen molar-refractivity contribution in [2.45, 2.75) is 54.7 Å². The molecule has 0 aromatic heterocycles. The number of rotatable bonds is 3. The molecule has 2 aliphatic heterocycles. The number of hydrogen-bond acceptors (Lipinski definition) is 5. The van der Waals surface area contributed by atoms with Crippen molar-refractivity contribution in [3.8, 4) is 0 Å². The molecule has 8 nitrogen and oxygen atoms in total. The van der Waals surface area contributed by atoms with E-state index in [-0.39, 0.29) is 12.3 Å². The number of hydrazine groups is 1. The van der Waals surface area contributed by atoms with Crippen molar-refractivity contribution in [1.29, 1.82) is 0 Å². The van der Waals surface area contributed by atoms with Crippen LogP contribution < -0.4 is 16.1 Å². The summed E-state index contributed by atoms with van der Waals surface area (Å²) in [7, 11) is 0. The highest BCUT2D eigenvalue weighted by atomic mass is 32.2. The summed E-state index contributed by atoms with van der Waals surface area (Å²) in [6.45, 7) is 2.12. The Balaban J connectivity index is 1.39. The van der Waals surface area contributed by atoms with Crippen LogP contribution in [0, 0.1) is 5.92 Å². The molecule has 0 bridgehead atoms. The van der Waals surface area contributed by atoms with Crippen molar-refractivity contribution >= 4 is 41.2 Å². The zero-order valence-corrected chi connectivity index (χ0v) is 16.3. The minimum atomic E-state index is -0.910. The maximum absolute atomic E-state index is 12.8. The van der Waals surface area contributed by atoms with E-state index in [0.717, 1.165) is 28.4 Å². The molecule has 4 rings (SSSR count). The van der Waals surface area contributed by atoms with Crippen molar-refractivity contribution in [2.24, 2.45) is 5.92 Å². The molecule has 1 unspecified atom stereocenters. The second-order valence-electron chi connectivity index (χ2n) is 7.67. The number of imide groups is 1. The minimum absolute atomic E-state index is 0.133. The van der Waals surface area contributed by atoms with Crippen LogP contribution in [0.4, 0.5) is 10.5 Å². The Morgan fingerprint density at radius 1 is 1.25 bits per heavy atom. The van der Waals surface area contributed by atoms with Crippen molar-refractivity contribution in [3.63, 3.8) is 0 Å². The van der Waals surface area contributed by atoms with Crippen molar-refractivity contribution in [2.75, 3.05) is 5.32 Å². The van der Waals surface area contributed by atoms with Gasteiger partial charge in [-0.05, 0) is 43.7 Å². The Bertz CT molecular complexity index is 850. The summed E-state index contributed by atoms with van der Waals surface area (Å²) >= 11 is 1.30. The number of nitrogens with one attached hydrogen (secondary N) is 3. The summed E-state index contributed by atoms with van der Waals surface area (Å²) < 4.78 is 0. The molecular formula is C19H22N4O4S. The quantitative estimate of drug-likeness (QED) is 0.671. The van der Waals surface area contributed by atoms with E-state index in [2.05, 4.69) is 23.0 Å². The lowest BCUT2D eigenvalue weighted by molar-refractivity contribution is -0.140. The summed E-state index contributed by atoms with van der Waals surface area (Å²) in [5.41, 5.74) is 2.20. The number of thioether (sulfide) groups is 1. The van der Waals surface area contributed by atoms with Gasteiger partial charge in [-0.2, -0.15) is 5.01 Å². The van der Waals surface area contributed by atoms with Gasteiger partial charge in [0.25, 0.3) is 5.91 Å². The molecule has 148 valence electrons. The number of carbonyl (C=O) groups is 4. The summed E-state index contributed by atoms with van der Waals surface area (Å²) in [6, 6.07) is 6.74. The highest BCUT2D eigenvalue weighted by Crippen LogP contribution is 2.37. The highest BCUT2D eigenvalue weighted by molar-refractivity contribution is 8.01. The van der Waals surface area contributed by atoms with Crippen LogP contribution in [0.1, 0.15) is 39.0 Å². The van der Waals surface area contributed by atoms with Gasteiger partial charge < -0.3 is 10.6 Å². The van der Waals surface area contributed by atoms with E-state index < -0.39 is 28.6 Å². The van der Waals surface area contributed by atoms with Gasteiger partial charge >= 0.3 is 6.03 Å². The van der Waals surface area contributed by atoms with Crippen LogP contribution in [0.25, 0.3) is 0 Å². The van der Waals surface area contributed by atoms with Gasteiger partial charge in [0.1, 0.15) is 5.54 Å². The number of para-hydroxylation sites is 1. The molecule has 3 N–H and O–H groups in total. The zero-order chi connectivity index (χ0) is 19.9. The Morgan fingerprint density at radius 3 is 2.71 bits per heavy atom. The van der Waals surface area contributed by atoms with E-state index in [1.807, 2.05) is 18.2 Å². The van der Waals surface area contributed by atoms with Gasteiger partial charge in [0.05, 0.1) is 10.9 Å². The predicted octanol–water partition coefficient (Wildman–Crippen LogP) is 2.02. The van der Waals surface area contributed by atoms with Crippen molar-refractivity contribution < 1.29 is 19.2 Å². The second-order valence-corrected chi connectivity index (χ2v) is 8.91. The fourth-order valence-electron chi connectivity index (χ4n) is 3.88. The lowest BCUT2D eigenvalue weighted by Crippen LogP contribution is -2.52. The zero-order valence-electron chi connectivity index (χ0n) is 15.5. The first-order valence-corrected chi connectivity index (χ1v) is 10.3. The third-order valence-corrected chi connectivity index (χ3v) is 6.88. The fourth-order valence-corrected chi connectivity index (χ4v) is 4.99. The molecule has 9 heteroatoms. The molecule has 1 aromatic rings. The number of urea groups is 1. The Labute approximate surface area is 166 Å². The number of fused-ring (bicyclic) bond motifs is 1. The van der Waals surface area contributed by atoms with Gasteiger partial charge in [-0.15, -0.1) is 11.8 Å². The third-order valence-electron chi connectivity index (χ3n) is 5.60. The van der Waals surface area contributed by atoms with Crippen molar-refractivity contribution in [1.82, 2.24) is 15.8 Å². The lowest BCUT2D eigenvalue weighted by Gasteiger charge is -2.33. The molecule has 1 spiro atoms. The maximum atomic E-state index is 12.8. The van der Waals surface area contributed by atoms with Gasteiger partial charge in [0.15, 0.2) is 0 Å². The van der Waals surface area contributed by atoms with Crippen LogP contribution in [-0.2, 0) is 14.4 Å². The van der Waals surface area contributed by atoms with E-state index in [1.165, 1.54) is 11.8 Å². The third kappa shape index (κ3) is 3.34. The Morgan fingerprint density at radius 2 is 1.96 bits per heavy atom. The number of amides is 5. The first-order chi connectivity index (χ1) is 13.4. The predicted molar refractivity (Wildman–Crippen MR) is 103 cm³/mol. The topological polar surface area (TPSA) is 108 Å². The normalized spacial score (nSPS) is 29.3. The van der Waals surface area contributed by atoms with Crippen molar-refractivity contribution in [3.05, 3.63) is 24.3 Å². The van der Waals surface area contributed by atoms with Crippen LogP contribution in [-0.4, -0.2) is 39.6 Å². The second kappa shape index (κ2) is 7.12. The molecule has 1 aliphatic carbocycles. The first-order valence-electron chi connectivity index (χ1n) is 9.41. The molecule has 2 fully saturated rings. The molecule has 1 saturated heterocycles. The monoisotopic (exact) mass is 402 g/mol. The molecule has 2 heterocycles. The molecule has 5 amide bonds. The van der Waals surface area contributed by atoms with Gasteiger partial charge in [0, 0.05) is 11.3 Å². The van der Waals surface area contributed by atoms with Crippen LogP contribution in [0.5, 0.6) is 0 Å². The van der Waals surface area contributed by atoms with Crippen LogP contribution in [0.2, 0.25) is 0 Å². The average Bonchev–Trinajstić information content (AvgIpc) is 2.89. The summed E-state index contributed by atoms with van der Waals surface area (Å²) in [5, 5.41) is 5.69. The molecular weight excluding hydrogens is 380 g/mol. The smallest absolute Gasteiger partial charge is 0.324 e. The SMILES string of the molecule is CC1CCC2(CC1)NC(=O)N(NC(=O)CC1Sc3ccccc3NC1=O)C2=O. The van der Waals surface area contributed by atoms with Gasteiger partial charge in [-0.25, -0.2) is 4.79 Å². The molecule has 1 saturated carbocycles. The Hall–Kier alpha value is -2.55. The highest BCUT2D eigenvalue weighted by Gasteiger charge is 2.53. The average molecular weight is 402 g/mol. The number of hydrogen-bond donors (Lipinski definition) is 3. The molecule has 1 atom stereocenters. The number of carbonyl (C=O) groups excluding carboxylic acids is 4. The first kappa shape index (κ1) is 18.8. The van der Waals surface area contributed by atoms with Crippen LogP contribution in [0.3, 0.4) is 0 Å². The molecule has 3 aliphatic rings. The lowest BCUT2D eigenvalue weighted by atomic mass is 9.77. The summed E-state index contributed by atoms with van der Waals surface area (Å²) in [4.78, 5) is 50.7. The number of benzene rings is 1. The van der Waals surface area contributed by atoms with Crippen LogP contribution >= 0.6 is 11.8 Å². The van der Waals surface area contributed by atoms with E-state index in [4.69, 9.17) is 0 Å². The van der Waals surface area contributed by atoms with E-state index >= 15 is 0 Å².